The van der Waals surface area contributed by atoms with E-state index in [0.717, 1.165) is 33.4 Å². The summed E-state index contributed by atoms with van der Waals surface area (Å²) in [5, 5.41) is 14.9. The van der Waals surface area contributed by atoms with Crippen molar-refractivity contribution in [3.05, 3.63) is 71.5 Å². The van der Waals surface area contributed by atoms with Crippen molar-refractivity contribution < 1.29 is 14.7 Å². The number of hydrogen-bond acceptors (Lipinski definition) is 5. The van der Waals surface area contributed by atoms with Crippen molar-refractivity contribution >= 4 is 28.6 Å². The highest BCUT2D eigenvalue weighted by atomic mass is 16.4. The minimum absolute atomic E-state index is 0.0934. The van der Waals surface area contributed by atoms with Gasteiger partial charge in [-0.05, 0) is 30.2 Å². The molecular weight excluding hydrogens is 368 g/mol. The van der Waals surface area contributed by atoms with Crippen molar-refractivity contribution in [1.82, 2.24) is 15.0 Å². The molecule has 4 rings (SSSR count). The van der Waals surface area contributed by atoms with E-state index in [0.29, 0.717) is 6.42 Å². The molecule has 1 N–H and O–H groups in total. The average molecular weight is 388 g/mol. The van der Waals surface area contributed by atoms with E-state index < -0.39 is 5.97 Å². The highest BCUT2D eigenvalue weighted by molar-refractivity contribution is 6.03. The highest BCUT2D eigenvalue weighted by Gasteiger charge is 2.33. The van der Waals surface area contributed by atoms with E-state index in [4.69, 9.17) is 5.11 Å². The number of aromatic nitrogens is 2. The molecule has 2 aromatic carbocycles. The van der Waals surface area contributed by atoms with Crippen molar-refractivity contribution in [2.75, 3.05) is 0 Å². The first-order valence-corrected chi connectivity index (χ1v) is 9.40. The molecule has 2 heterocycles. The Bertz CT molecular complexity index is 1110. The van der Waals surface area contributed by atoms with Crippen molar-refractivity contribution in [2.24, 2.45) is 5.10 Å². The van der Waals surface area contributed by atoms with Crippen molar-refractivity contribution in [3.8, 4) is 0 Å². The monoisotopic (exact) mass is 388 g/mol. The van der Waals surface area contributed by atoms with Gasteiger partial charge < -0.3 is 5.11 Å². The first kappa shape index (κ1) is 18.7. The lowest BCUT2D eigenvalue weighted by atomic mass is 9.97. The molecule has 1 aromatic heterocycles. The fraction of sp³-hybridized carbons (Fsp3) is 0.227. The summed E-state index contributed by atoms with van der Waals surface area (Å²) in [4.78, 5) is 32.3. The minimum Gasteiger partial charge on any atom is -0.481 e. The zero-order valence-corrected chi connectivity index (χ0v) is 15.9. The van der Waals surface area contributed by atoms with Crippen LogP contribution in [0.3, 0.4) is 0 Å². The quantitative estimate of drug-likeness (QED) is 0.722. The van der Waals surface area contributed by atoms with E-state index in [2.05, 4.69) is 15.1 Å². The zero-order chi connectivity index (χ0) is 20.4. The number of nitrogens with zero attached hydrogens (tertiary/aromatic N) is 4. The van der Waals surface area contributed by atoms with Crippen LogP contribution in [0.15, 0.2) is 60.0 Å². The molecule has 146 valence electrons. The van der Waals surface area contributed by atoms with Gasteiger partial charge in [0.2, 0.25) is 5.91 Å². The van der Waals surface area contributed by atoms with E-state index >= 15 is 0 Å². The number of carbonyl (C=O) groups is 2. The minimum atomic E-state index is -1.00. The number of aliphatic carboxylic acids is 1. The fourth-order valence-electron chi connectivity index (χ4n) is 3.44. The Balaban J connectivity index is 1.68. The number of hydrazone groups is 1. The maximum absolute atomic E-state index is 12.8. The average Bonchev–Trinajstić information content (AvgIpc) is 3.17. The number of benzene rings is 2. The molecule has 0 radical (unpaired) electrons. The number of carboxylic acids is 1. The normalized spacial score (nSPS) is 16.1. The molecule has 0 unspecified atom stereocenters. The first-order chi connectivity index (χ1) is 14.0. The van der Waals surface area contributed by atoms with E-state index in [9.17, 15) is 9.59 Å². The van der Waals surface area contributed by atoms with Gasteiger partial charge in [-0.15, -0.1) is 0 Å². The molecular formula is C22H20N4O3. The molecule has 7 nitrogen and oxygen atoms in total. The largest absolute Gasteiger partial charge is 0.481 e. The van der Waals surface area contributed by atoms with Gasteiger partial charge in [0.25, 0.3) is 0 Å². The maximum Gasteiger partial charge on any atom is 0.303 e. The third-order valence-corrected chi connectivity index (χ3v) is 4.98. The molecule has 29 heavy (non-hydrogen) atoms. The fourth-order valence-corrected chi connectivity index (χ4v) is 3.44. The summed E-state index contributed by atoms with van der Waals surface area (Å²) < 4.78 is 0. The third-order valence-electron chi connectivity index (χ3n) is 4.98. The van der Waals surface area contributed by atoms with Gasteiger partial charge in [-0.2, -0.15) is 5.10 Å². The smallest absolute Gasteiger partial charge is 0.303 e. The maximum atomic E-state index is 12.8. The number of fused-ring (bicyclic) bond motifs is 1. The van der Waals surface area contributed by atoms with Crippen LogP contribution < -0.4 is 0 Å². The van der Waals surface area contributed by atoms with E-state index in [1.807, 2.05) is 49.4 Å². The summed E-state index contributed by atoms with van der Waals surface area (Å²) >= 11 is 0. The second kappa shape index (κ2) is 7.79. The van der Waals surface area contributed by atoms with Crippen LogP contribution in [-0.2, 0) is 9.59 Å². The van der Waals surface area contributed by atoms with Crippen LogP contribution in [0.1, 0.15) is 42.0 Å². The lowest BCUT2D eigenvalue weighted by molar-refractivity contribution is -0.141. The summed E-state index contributed by atoms with van der Waals surface area (Å²) in [5.41, 5.74) is 5.32. The van der Waals surface area contributed by atoms with Crippen LogP contribution in [0.2, 0.25) is 0 Å². The number of rotatable bonds is 5. The Hall–Kier alpha value is -3.61. The first-order valence-electron chi connectivity index (χ1n) is 9.40. The second-order valence-corrected chi connectivity index (χ2v) is 7.07. The summed E-state index contributed by atoms with van der Waals surface area (Å²) in [6, 6.07) is 13.4. The molecule has 7 heteroatoms. The van der Waals surface area contributed by atoms with Gasteiger partial charge >= 0.3 is 5.97 Å². The summed E-state index contributed by atoms with van der Waals surface area (Å²) in [7, 11) is 0. The predicted octanol–water partition coefficient (Wildman–Crippen LogP) is 3.48. The molecule has 1 atom stereocenters. The number of carboxylic acid groups (broad SMARTS) is 1. The molecule has 1 amide bonds. The van der Waals surface area contributed by atoms with Crippen LogP contribution in [-0.4, -0.2) is 37.7 Å². The van der Waals surface area contributed by atoms with E-state index in [1.165, 1.54) is 5.01 Å². The van der Waals surface area contributed by atoms with Gasteiger partial charge in [0, 0.05) is 25.2 Å². The molecule has 3 aromatic rings. The van der Waals surface area contributed by atoms with E-state index in [1.54, 1.807) is 12.4 Å². The Kier molecular flexibility index (Phi) is 5.03. The lowest BCUT2D eigenvalue weighted by Crippen LogP contribution is -2.27. The number of hydrogen-bond donors (Lipinski definition) is 1. The van der Waals surface area contributed by atoms with E-state index in [-0.39, 0.29) is 24.8 Å². The van der Waals surface area contributed by atoms with Gasteiger partial charge in [-0.1, -0.05) is 35.9 Å². The van der Waals surface area contributed by atoms with Crippen LogP contribution >= 0.6 is 0 Å². The Morgan fingerprint density at radius 1 is 1.03 bits per heavy atom. The van der Waals surface area contributed by atoms with Gasteiger partial charge in [-0.25, -0.2) is 5.01 Å². The molecule has 0 aliphatic carbocycles. The SMILES string of the molecule is Cc1ccc(C2=NN(C(=O)CCC(=O)O)[C@H](c3ccc4nccnc4c3)C2)cc1. The topological polar surface area (TPSA) is 95.8 Å². The molecule has 1 aliphatic heterocycles. The number of carbonyl (C=O) groups excluding carboxylic acids is 1. The van der Waals surface area contributed by atoms with Crippen LogP contribution in [0.5, 0.6) is 0 Å². The molecule has 0 fully saturated rings. The number of amides is 1. The lowest BCUT2D eigenvalue weighted by Gasteiger charge is -2.22. The Labute approximate surface area is 167 Å². The third kappa shape index (κ3) is 3.99. The Morgan fingerprint density at radius 3 is 2.48 bits per heavy atom. The van der Waals surface area contributed by atoms with Crippen molar-refractivity contribution in [1.29, 1.82) is 0 Å². The molecule has 1 aliphatic rings. The molecule has 0 saturated carbocycles. The van der Waals surface area contributed by atoms with Gasteiger partial charge in [0.15, 0.2) is 0 Å². The van der Waals surface area contributed by atoms with Crippen LogP contribution in [0.25, 0.3) is 11.0 Å². The van der Waals surface area contributed by atoms with Crippen molar-refractivity contribution in [2.45, 2.75) is 32.2 Å². The van der Waals surface area contributed by atoms with Gasteiger partial charge in [-0.3, -0.25) is 19.6 Å². The second-order valence-electron chi connectivity index (χ2n) is 7.07. The Morgan fingerprint density at radius 2 is 1.76 bits per heavy atom. The van der Waals surface area contributed by atoms with Crippen molar-refractivity contribution in [3.63, 3.8) is 0 Å². The predicted molar refractivity (Wildman–Crippen MR) is 108 cm³/mol. The summed E-state index contributed by atoms with van der Waals surface area (Å²) in [6.45, 7) is 2.01. The number of aryl methyl sites for hydroxylation is 1. The highest BCUT2D eigenvalue weighted by Crippen LogP contribution is 2.34. The van der Waals surface area contributed by atoms with Crippen LogP contribution in [0.4, 0.5) is 0 Å². The summed E-state index contributed by atoms with van der Waals surface area (Å²) in [5.74, 6) is -1.31. The molecule has 0 bridgehead atoms. The molecule has 0 spiro atoms. The zero-order valence-electron chi connectivity index (χ0n) is 15.9. The van der Waals surface area contributed by atoms with Crippen LogP contribution in [0, 0.1) is 6.92 Å². The summed E-state index contributed by atoms with van der Waals surface area (Å²) in [6.07, 6.45) is 3.50. The molecule has 0 saturated heterocycles. The standard InChI is InChI=1S/C22H20N4O3/c1-14-2-4-15(5-3-14)18-13-20(26(25-18)21(27)8-9-22(28)29)16-6-7-17-19(12-16)24-11-10-23-17/h2-7,10-12,20H,8-9,13H2,1H3,(H,28,29)/t20-/m0/s1. The van der Waals surface area contributed by atoms with Gasteiger partial charge in [0.1, 0.15) is 0 Å². The van der Waals surface area contributed by atoms with Gasteiger partial charge in [0.05, 0.1) is 29.2 Å².